The summed E-state index contributed by atoms with van der Waals surface area (Å²) < 4.78 is 5.99. The van der Waals surface area contributed by atoms with Gasteiger partial charge in [-0.3, -0.25) is 9.69 Å². The number of ether oxygens (including phenoxy) is 1. The maximum Gasteiger partial charge on any atom is 0.311 e. The predicted molar refractivity (Wildman–Crippen MR) is 123 cm³/mol. The van der Waals surface area contributed by atoms with Crippen molar-refractivity contribution in [3.8, 4) is 0 Å². The average Bonchev–Trinajstić information content (AvgIpc) is 3.10. The smallest absolute Gasteiger partial charge is 0.311 e. The first-order valence-electron chi connectivity index (χ1n) is 13.3. The molecule has 1 saturated heterocycles. The number of aliphatic hydroxyl groups is 1. The van der Waals surface area contributed by atoms with E-state index in [1.54, 1.807) is 0 Å². The zero-order valence-electron chi connectivity index (χ0n) is 19.7. The van der Waals surface area contributed by atoms with Crippen LogP contribution in [0.4, 0.5) is 0 Å². The van der Waals surface area contributed by atoms with E-state index in [9.17, 15) is 9.90 Å². The SMILES string of the molecule is C[C@@H]1CCC=C2C[C@H]3OC(=O)[C@@H](CN(C4CCCCC4)C4CCCCC4)[C@H]3[C@H](O)[C@@]21C. The molecule has 0 aromatic carbocycles. The molecule has 4 heteroatoms. The molecule has 0 aromatic rings. The fraction of sp³-hybridized carbons (Fsp3) is 0.889. The van der Waals surface area contributed by atoms with Crippen molar-refractivity contribution in [1.29, 1.82) is 0 Å². The lowest BCUT2D eigenvalue weighted by atomic mass is 9.55. The van der Waals surface area contributed by atoms with Crippen LogP contribution in [0.3, 0.4) is 0 Å². The van der Waals surface area contributed by atoms with Crippen molar-refractivity contribution in [2.45, 2.75) is 122 Å². The molecule has 0 radical (unpaired) electrons. The fourth-order valence-corrected chi connectivity index (χ4v) is 7.92. The number of allylic oxidation sites excluding steroid dienone is 1. The quantitative estimate of drug-likeness (QED) is 0.490. The molecule has 4 fully saturated rings. The number of aliphatic hydroxyl groups excluding tert-OH is 1. The molecular weight excluding hydrogens is 386 g/mol. The van der Waals surface area contributed by atoms with Crippen LogP contribution in [0.25, 0.3) is 0 Å². The molecule has 3 saturated carbocycles. The normalized spacial score (nSPS) is 42.1. The van der Waals surface area contributed by atoms with E-state index in [1.165, 1.54) is 69.8 Å². The molecule has 174 valence electrons. The van der Waals surface area contributed by atoms with Gasteiger partial charge in [-0.2, -0.15) is 0 Å². The third-order valence-electron chi connectivity index (χ3n) is 10.1. The summed E-state index contributed by atoms with van der Waals surface area (Å²) in [6.07, 6.45) is 17.9. The van der Waals surface area contributed by atoms with Gasteiger partial charge in [-0.25, -0.2) is 0 Å². The third kappa shape index (κ3) is 3.80. The Kier molecular flexibility index (Phi) is 6.24. The van der Waals surface area contributed by atoms with Crippen LogP contribution >= 0.6 is 0 Å². The maximum absolute atomic E-state index is 13.2. The van der Waals surface area contributed by atoms with Gasteiger partial charge in [-0.05, 0) is 44.4 Å². The number of hydrogen-bond donors (Lipinski definition) is 1. The summed E-state index contributed by atoms with van der Waals surface area (Å²) in [6.45, 7) is 5.35. The summed E-state index contributed by atoms with van der Waals surface area (Å²) in [4.78, 5) is 15.9. The molecule has 4 nitrogen and oxygen atoms in total. The van der Waals surface area contributed by atoms with Gasteiger partial charge in [0.2, 0.25) is 0 Å². The van der Waals surface area contributed by atoms with Crippen LogP contribution in [0.2, 0.25) is 0 Å². The molecule has 1 aliphatic heterocycles. The molecule has 4 aliphatic carbocycles. The van der Waals surface area contributed by atoms with E-state index in [4.69, 9.17) is 4.74 Å². The lowest BCUT2D eigenvalue weighted by Gasteiger charge is -2.52. The van der Waals surface area contributed by atoms with Crippen molar-refractivity contribution in [2.24, 2.45) is 23.2 Å². The van der Waals surface area contributed by atoms with E-state index in [1.807, 2.05) is 0 Å². The zero-order chi connectivity index (χ0) is 21.6. The highest BCUT2D eigenvalue weighted by Crippen LogP contribution is 2.56. The van der Waals surface area contributed by atoms with E-state index in [-0.39, 0.29) is 29.3 Å². The second kappa shape index (κ2) is 8.82. The molecule has 1 N–H and O–H groups in total. The van der Waals surface area contributed by atoms with Crippen LogP contribution in [0.5, 0.6) is 0 Å². The minimum atomic E-state index is -0.483. The van der Waals surface area contributed by atoms with Crippen molar-refractivity contribution in [2.75, 3.05) is 6.54 Å². The fourth-order valence-electron chi connectivity index (χ4n) is 7.92. The van der Waals surface area contributed by atoms with Crippen LogP contribution in [0.15, 0.2) is 11.6 Å². The van der Waals surface area contributed by atoms with Gasteiger partial charge in [-0.1, -0.05) is 64.0 Å². The zero-order valence-corrected chi connectivity index (χ0v) is 19.7. The van der Waals surface area contributed by atoms with Crippen LogP contribution < -0.4 is 0 Å². The van der Waals surface area contributed by atoms with Crippen LogP contribution in [-0.4, -0.2) is 46.8 Å². The Morgan fingerprint density at radius 1 is 1.03 bits per heavy atom. The van der Waals surface area contributed by atoms with Gasteiger partial charge >= 0.3 is 5.97 Å². The predicted octanol–water partition coefficient (Wildman–Crippen LogP) is 5.24. The second-order valence-electron chi connectivity index (χ2n) is 11.6. The summed E-state index contributed by atoms with van der Waals surface area (Å²) in [7, 11) is 0. The van der Waals surface area contributed by atoms with Crippen molar-refractivity contribution < 1.29 is 14.6 Å². The number of hydrogen-bond acceptors (Lipinski definition) is 4. The Morgan fingerprint density at radius 3 is 2.26 bits per heavy atom. The molecule has 0 spiro atoms. The minimum absolute atomic E-state index is 0.0406. The van der Waals surface area contributed by atoms with Gasteiger partial charge in [-0.15, -0.1) is 0 Å². The van der Waals surface area contributed by atoms with Crippen molar-refractivity contribution in [3.05, 3.63) is 11.6 Å². The average molecular weight is 430 g/mol. The Morgan fingerprint density at radius 2 is 1.65 bits per heavy atom. The molecule has 5 aliphatic rings. The van der Waals surface area contributed by atoms with E-state index in [0.717, 1.165) is 25.8 Å². The molecular formula is C27H43NO3. The molecule has 0 aromatic heterocycles. The Labute approximate surface area is 188 Å². The molecule has 1 heterocycles. The molecule has 0 bridgehead atoms. The number of fused-ring (bicyclic) bond motifs is 2. The van der Waals surface area contributed by atoms with Crippen LogP contribution in [0, 0.1) is 23.2 Å². The van der Waals surface area contributed by atoms with Crippen LogP contribution in [0.1, 0.15) is 97.3 Å². The van der Waals surface area contributed by atoms with Crippen molar-refractivity contribution >= 4 is 5.97 Å². The van der Waals surface area contributed by atoms with Crippen LogP contribution in [-0.2, 0) is 9.53 Å². The summed E-state index contributed by atoms with van der Waals surface area (Å²) in [5.74, 6) is 0.190. The number of nitrogens with zero attached hydrogens (tertiary/aromatic N) is 1. The first-order chi connectivity index (χ1) is 15.0. The van der Waals surface area contributed by atoms with Gasteiger partial charge in [0.1, 0.15) is 6.10 Å². The van der Waals surface area contributed by atoms with Gasteiger partial charge in [0.25, 0.3) is 0 Å². The molecule has 6 atom stereocenters. The molecule has 5 rings (SSSR count). The van der Waals surface area contributed by atoms with Crippen molar-refractivity contribution in [1.82, 2.24) is 4.90 Å². The highest BCUT2D eigenvalue weighted by molar-refractivity contribution is 5.76. The number of carbonyl (C=O) groups is 1. The first kappa shape index (κ1) is 21.9. The minimum Gasteiger partial charge on any atom is -0.461 e. The highest BCUT2D eigenvalue weighted by Gasteiger charge is 2.60. The lowest BCUT2D eigenvalue weighted by molar-refractivity contribution is -0.145. The molecule has 31 heavy (non-hydrogen) atoms. The first-order valence-corrected chi connectivity index (χ1v) is 13.3. The summed E-state index contributed by atoms with van der Waals surface area (Å²) >= 11 is 0. The van der Waals surface area contributed by atoms with E-state index < -0.39 is 6.10 Å². The summed E-state index contributed by atoms with van der Waals surface area (Å²) in [5, 5.41) is 11.7. The Bertz CT molecular complexity index is 675. The monoisotopic (exact) mass is 429 g/mol. The topological polar surface area (TPSA) is 49.8 Å². The standard InChI is InChI=1S/C27H43NO3/c1-18-10-9-11-19-16-23-24(25(29)27(18,19)2)22(26(30)31-23)17-28(20-12-5-3-6-13-20)21-14-7-4-8-15-21/h11,18,20-25,29H,3-10,12-17H2,1-2H3/t18-,22+,23-,24-,25+,27-/m1/s1. The highest BCUT2D eigenvalue weighted by atomic mass is 16.6. The van der Waals surface area contributed by atoms with E-state index >= 15 is 0 Å². The Hall–Kier alpha value is -0.870. The van der Waals surface area contributed by atoms with E-state index in [2.05, 4.69) is 24.8 Å². The number of carbonyl (C=O) groups excluding carboxylic acids is 1. The third-order valence-corrected chi connectivity index (χ3v) is 10.1. The van der Waals surface area contributed by atoms with Gasteiger partial charge in [0.05, 0.1) is 12.0 Å². The maximum atomic E-state index is 13.2. The molecule has 0 unspecified atom stereocenters. The van der Waals surface area contributed by atoms with Gasteiger partial charge in [0.15, 0.2) is 0 Å². The lowest BCUT2D eigenvalue weighted by Crippen LogP contribution is -2.56. The molecule has 0 amide bonds. The van der Waals surface area contributed by atoms with E-state index in [0.29, 0.717) is 18.0 Å². The van der Waals surface area contributed by atoms with Gasteiger partial charge in [0, 0.05) is 36.4 Å². The Balaban J connectivity index is 1.41. The summed E-state index contributed by atoms with van der Waals surface area (Å²) in [6, 6.07) is 1.23. The van der Waals surface area contributed by atoms with Crippen molar-refractivity contribution in [3.63, 3.8) is 0 Å². The largest absolute Gasteiger partial charge is 0.461 e. The second-order valence-corrected chi connectivity index (χ2v) is 11.6. The summed E-state index contributed by atoms with van der Waals surface area (Å²) in [5.41, 5.74) is 1.14. The number of rotatable bonds is 4. The number of esters is 1. The van der Waals surface area contributed by atoms with Gasteiger partial charge < -0.3 is 9.84 Å².